The van der Waals surface area contributed by atoms with E-state index in [0.29, 0.717) is 11.8 Å². The van der Waals surface area contributed by atoms with E-state index in [1.165, 1.54) is 0 Å². The average Bonchev–Trinajstić information content (AvgIpc) is 2.36. The molecule has 5 nitrogen and oxygen atoms in total. The SMILES string of the molecule is CCNc1ncnc(N(C)C(C)C(C)(C)C)c1OC. The van der Waals surface area contributed by atoms with E-state index in [4.69, 9.17) is 4.74 Å². The lowest BCUT2D eigenvalue weighted by molar-refractivity contribution is 0.325. The van der Waals surface area contributed by atoms with E-state index >= 15 is 0 Å². The lowest BCUT2D eigenvalue weighted by Gasteiger charge is -2.36. The third kappa shape index (κ3) is 3.49. The Morgan fingerprint density at radius 3 is 2.47 bits per heavy atom. The van der Waals surface area contributed by atoms with E-state index in [-0.39, 0.29) is 5.41 Å². The lowest BCUT2D eigenvalue weighted by atomic mass is 9.87. The van der Waals surface area contributed by atoms with E-state index < -0.39 is 0 Å². The van der Waals surface area contributed by atoms with E-state index in [0.717, 1.165) is 18.2 Å². The highest BCUT2D eigenvalue weighted by Crippen LogP contribution is 2.35. The van der Waals surface area contributed by atoms with Crippen molar-refractivity contribution in [3.63, 3.8) is 0 Å². The summed E-state index contributed by atoms with van der Waals surface area (Å²) in [5, 5.41) is 3.20. The maximum atomic E-state index is 5.48. The van der Waals surface area contributed by atoms with Crippen LogP contribution in [0.3, 0.4) is 0 Å². The molecular formula is C14H26N4O. The molecule has 1 aromatic heterocycles. The van der Waals surface area contributed by atoms with E-state index in [9.17, 15) is 0 Å². The molecule has 0 saturated heterocycles. The summed E-state index contributed by atoms with van der Waals surface area (Å²) < 4.78 is 5.48. The zero-order valence-electron chi connectivity index (χ0n) is 13.1. The number of nitrogens with one attached hydrogen (secondary N) is 1. The maximum Gasteiger partial charge on any atom is 0.204 e. The second-order valence-corrected chi connectivity index (χ2v) is 5.76. The molecule has 1 atom stereocenters. The predicted octanol–water partition coefficient (Wildman–Crippen LogP) is 2.79. The normalized spacial score (nSPS) is 13.0. The molecule has 1 heterocycles. The van der Waals surface area contributed by atoms with Crippen LogP contribution in [-0.2, 0) is 0 Å². The highest BCUT2D eigenvalue weighted by Gasteiger charge is 2.27. The quantitative estimate of drug-likeness (QED) is 0.888. The van der Waals surface area contributed by atoms with Crippen molar-refractivity contribution in [1.82, 2.24) is 9.97 Å². The molecule has 5 heteroatoms. The lowest BCUT2D eigenvalue weighted by Crippen LogP contribution is -2.40. The highest BCUT2D eigenvalue weighted by atomic mass is 16.5. The largest absolute Gasteiger partial charge is 0.490 e. The summed E-state index contributed by atoms with van der Waals surface area (Å²) in [6, 6.07) is 0.325. The van der Waals surface area contributed by atoms with Crippen LogP contribution in [0, 0.1) is 5.41 Å². The fourth-order valence-corrected chi connectivity index (χ4v) is 1.86. The zero-order valence-corrected chi connectivity index (χ0v) is 13.1. The number of aromatic nitrogens is 2. The van der Waals surface area contributed by atoms with Crippen LogP contribution in [0.25, 0.3) is 0 Å². The first-order valence-electron chi connectivity index (χ1n) is 6.68. The number of methoxy groups -OCH3 is 1. The molecule has 19 heavy (non-hydrogen) atoms. The maximum absolute atomic E-state index is 5.48. The van der Waals surface area contributed by atoms with Crippen molar-refractivity contribution in [2.45, 2.75) is 40.7 Å². The van der Waals surface area contributed by atoms with Crippen molar-refractivity contribution >= 4 is 11.6 Å². The predicted molar refractivity (Wildman–Crippen MR) is 80.1 cm³/mol. The van der Waals surface area contributed by atoms with Gasteiger partial charge in [-0.1, -0.05) is 20.8 Å². The highest BCUT2D eigenvalue weighted by molar-refractivity contribution is 5.64. The standard InChI is InChI=1S/C14H26N4O/c1-8-15-12-11(19-7)13(17-9-16-12)18(6)10(2)14(3,4)5/h9-10H,8H2,1-7H3,(H,15,16,17). The molecule has 1 N–H and O–H groups in total. The van der Waals surface area contributed by atoms with Crippen molar-refractivity contribution in [3.8, 4) is 5.75 Å². The first-order chi connectivity index (χ1) is 8.82. The van der Waals surface area contributed by atoms with Gasteiger partial charge in [-0.25, -0.2) is 9.97 Å². The molecule has 0 aromatic carbocycles. The van der Waals surface area contributed by atoms with Crippen molar-refractivity contribution in [1.29, 1.82) is 0 Å². The minimum atomic E-state index is 0.156. The van der Waals surface area contributed by atoms with Gasteiger partial charge in [-0.2, -0.15) is 0 Å². The Morgan fingerprint density at radius 1 is 1.37 bits per heavy atom. The summed E-state index contributed by atoms with van der Waals surface area (Å²) >= 11 is 0. The smallest absolute Gasteiger partial charge is 0.204 e. The number of hydrogen-bond acceptors (Lipinski definition) is 5. The van der Waals surface area contributed by atoms with Crippen molar-refractivity contribution in [2.75, 3.05) is 30.9 Å². The summed E-state index contributed by atoms with van der Waals surface area (Å²) in [7, 11) is 3.69. The molecule has 0 aliphatic heterocycles. The van der Waals surface area contributed by atoms with Gasteiger partial charge in [0.2, 0.25) is 5.75 Å². The average molecular weight is 266 g/mol. The molecule has 1 aromatic rings. The Morgan fingerprint density at radius 2 is 2.00 bits per heavy atom. The van der Waals surface area contributed by atoms with Crippen LogP contribution >= 0.6 is 0 Å². The monoisotopic (exact) mass is 266 g/mol. The van der Waals surface area contributed by atoms with Gasteiger partial charge in [0.15, 0.2) is 11.6 Å². The summed E-state index contributed by atoms with van der Waals surface area (Å²) in [5.41, 5.74) is 0.156. The third-order valence-corrected chi connectivity index (χ3v) is 3.50. The Labute approximate surface area is 116 Å². The number of hydrogen-bond donors (Lipinski definition) is 1. The molecule has 0 fully saturated rings. The van der Waals surface area contributed by atoms with Crippen molar-refractivity contribution in [3.05, 3.63) is 6.33 Å². The van der Waals surface area contributed by atoms with Gasteiger partial charge in [0.1, 0.15) is 6.33 Å². The first-order valence-corrected chi connectivity index (χ1v) is 6.68. The van der Waals surface area contributed by atoms with Gasteiger partial charge in [-0.05, 0) is 19.3 Å². The summed E-state index contributed by atoms with van der Waals surface area (Å²) in [6.07, 6.45) is 1.57. The molecule has 0 aliphatic carbocycles. The minimum Gasteiger partial charge on any atom is -0.490 e. The number of anilines is 2. The fraction of sp³-hybridized carbons (Fsp3) is 0.714. The molecule has 0 saturated carbocycles. The number of nitrogens with zero attached hydrogens (tertiary/aromatic N) is 3. The third-order valence-electron chi connectivity index (χ3n) is 3.50. The van der Waals surface area contributed by atoms with Gasteiger partial charge in [-0.3, -0.25) is 0 Å². The van der Waals surface area contributed by atoms with Crippen molar-refractivity contribution < 1.29 is 4.74 Å². The van der Waals surface area contributed by atoms with Gasteiger partial charge in [-0.15, -0.1) is 0 Å². The van der Waals surface area contributed by atoms with E-state index in [2.05, 4.69) is 47.9 Å². The topological polar surface area (TPSA) is 50.3 Å². The summed E-state index contributed by atoms with van der Waals surface area (Å²) in [6.45, 7) is 11.7. The van der Waals surface area contributed by atoms with Gasteiger partial charge < -0.3 is 15.0 Å². The van der Waals surface area contributed by atoms with Crippen LogP contribution in [0.1, 0.15) is 34.6 Å². The first kappa shape index (κ1) is 15.5. The molecule has 108 valence electrons. The Balaban J connectivity index is 3.15. The van der Waals surface area contributed by atoms with Crippen LogP contribution < -0.4 is 15.0 Å². The van der Waals surface area contributed by atoms with Crippen LogP contribution in [0.5, 0.6) is 5.75 Å². The van der Waals surface area contributed by atoms with Gasteiger partial charge in [0.25, 0.3) is 0 Å². The fourth-order valence-electron chi connectivity index (χ4n) is 1.86. The van der Waals surface area contributed by atoms with Crippen LogP contribution in [0.15, 0.2) is 6.33 Å². The van der Waals surface area contributed by atoms with Gasteiger partial charge >= 0.3 is 0 Å². The molecule has 0 spiro atoms. The van der Waals surface area contributed by atoms with Crippen LogP contribution in [0.2, 0.25) is 0 Å². The van der Waals surface area contributed by atoms with Gasteiger partial charge in [0.05, 0.1) is 7.11 Å². The van der Waals surface area contributed by atoms with Crippen molar-refractivity contribution in [2.24, 2.45) is 5.41 Å². The second kappa shape index (κ2) is 6.08. The molecule has 1 rings (SSSR count). The minimum absolute atomic E-state index is 0.156. The van der Waals surface area contributed by atoms with E-state index in [1.54, 1.807) is 13.4 Å². The van der Waals surface area contributed by atoms with Gasteiger partial charge in [0, 0.05) is 19.6 Å². The molecule has 1 unspecified atom stereocenters. The molecule has 0 radical (unpaired) electrons. The van der Waals surface area contributed by atoms with Crippen LogP contribution in [0.4, 0.5) is 11.6 Å². The zero-order chi connectivity index (χ0) is 14.6. The number of rotatable bonds is 5. The Bertz CT molecular complexity index is 414. The Kier molecular flexibility index (Phi) is 4.97. The molecule has 0 aliphatic rings. The number of ether oxygens (including phenoxy) is 1. The second-order valence-electron chi connectivity index (χ2n) is 5.76. The summed E-state index contributed by atoms with van der Waals surface area (Å²) in [4.78, 5) is 10.7. The molecular weight excluding hydrogens is 240 g/mol. The van der Waals surface area contributed by atoms with Crippen LogP contribution in [-0.4, -0.2) is 36.7 Å². The molecule has 0 amide bonds. The summed E-state index contributed by atoms with van der Waals surface area (Å²) in [5.74, 6) is 2.25. The van der Waals surface area contributed by atoms with E-state index in [1.807, 2.05) is 14.0 Å². The Hall–Kier alpha value is -1.52. The molecule has 0 bridgehead atoms.